The Kier molecular flexibility index (Phi) is 6.37. The van der Waals surface area contributed by atoms with Crippen molar-refractivity contribution in [2.24, 2.45) is 5.10 Å². The number of rotatable bonds is 5. The molecule has 0 radical (unpaired) electrons. The van der Waals surface area contributed by atoms with Gasteiger partial charge in [-0.25, -0.2) is 15.0 Å². The highest BCUT2D eigenvalue weighted by Crippen LogP contribution is 2.38. The molecular formula is C30H22BrClN4O. The first kappa shape index (κ1) is 23.6. The standard InChI is InChI=1S/C30H22BrClN4O/c1-37-24-12-6-9-20(16-24)27-18-28(21-10-5-11-22(31)15-21)36(35-27)30-33-26-14-13-23(32)17-25(26)29(34-30)19-7-3-2-4-8-19/h2-17,28H,18H2,1H3. The van der Waals surface area contributed by atoms with Crippen LogP contribution in [0.4, 0.5) is 5.95 Å². The van der Waals surface area contributed by atoms with Crippen molar-refractivity contribution in [3.05, 3.63) is 118 Å². The SMILES string of the molecule is COc1cccc(C2=NN(c3nc(-c4ccccc4)c4cc(Cl)ccc4n3)C(c3cccc(Br)c3)C2)c1. The summed E-state index contributed by atoms with van der Waals surface area (Å²) in [6.45, 7) is 0. The van der Waals surface area contributed by atoms with E-state index in [4.69, 9.17) is 31.4 Å². The van der Waals surface area contributed by atoms with E-state index in [2.05, 4.69) is 34.1 Å². The lowest BCUT2D eigenvalue weighted by Crippen LogP contribution is -2.21. The summed E-state index contributed by atoms with van der Waals surface area (Å²) in [6, 6.07) is 32.0. The third-order valence-corrected chi connectivity index (χ3v) is 7.17. The van der Waals surface area contributed by atoms with Gasteiger partial charge in [0.25, 0.3) is 0 Å². The van der Waals surface area contributed by atoms with Gasteiger partial charge in [-0.2, -0.15) is 5.10 Å². The second-order valence-corrected chi connectivity index (χ2v) is 10.1. The number of hydrogen-bond acceptors (Lipinski definition) is 5. The van der Waals surface area contributed by atoms with Gasteiger partial charge in [-0.1, -0.05) is 82.1 Å². The summed E-state index contributed by atoms with van der Waals surface area (Å²) in [4.78, 5) is 10.0. The van der Waals surface area contributed by atoms with Gasteiger partial charge in [-0.05, 0) is 48.0 Å². The van der Waals surface area contributed by atoms with Crippen molar-refractivity contribution < 1.29 is 4.74 Å². The van der Waals surface area contributed by atoms with E-state index in [9.17, 15) is 0 Å². The summed E-state index contributed by atoms with van der Waals surface area (Å²) in [5, 5.41) is 8.57. The Hall–Kier alpha value is -3.74. The molecule has 182 valence electrons. The first-order valence-electron chi connectivity index (χ1n) is 11.9. The molecule has 5 aromatic rings. The third kappa shape index (κ3) is 4.70. The number of benzene rings is 4. The fourth-order valence-electron chi connectivity index (χ4n) is 4.65. The maximum absolute atomic E-state index is 6.37. The predicted octanol–water partition coefficient (Wildman–Crippen LogP) is 8.08. The summed E-state index contributed by atoms with van der Waals surface area (Å²) in [5.41, 5.74) is 5.71. The van der Waals surface area contributed by atoms with Crippen LogP contribution in [0.5, 0.6) is 5.75 Å². The zero-order chi connectivity index (χ0) is 25.4. The number of methoxy groups -OCH3 is 1. The van der Waals surface area contributed by atoms with Crippen LogP contribution in [-0.4, -0.2) is 22.8 Å². The van der Waals surface area contributed by atoms with E-state index in [-0.39, 0.29) is 6.04 Å². The Labute approximate surface area is 228 Å². The van der Waals surface area contributed by atoms with Gasteiger partial charge in [0.1, 0.15) is 5.75 Å². The van der Waals surface area contributed by atoms with Crippen LogP contribution in [0.1, 0.15) is 23.6 Å². The quantitative estimate of drug-likeness (QED) is 0.215. The highest BCUT2D eigenvalue weighted by molar-refractivity contribution is 9.10. The third-order valence-electron chi connectivity index (χ3n) is 6.44. The number of aromatic nitrogens is 2. The summed E-state index contributed by atoms with van der Waals surface area (Å²) in [6.07, 6.45) is 0.701. The van der Waals surface area contributed by atoms with Gasteiger partial charge in [0.2, 0.25) is 5.95 Å². The number of hydrogen-bond donors (Lipinski definition) is 0. The smallest absolute Gasteiger partial charge is 0.247 e. The fourth-order valence-corrected chi connectivity index (χ4v) is 5.24. The minimum Gasteiger partial charge on any atom is -0.497 e. The van der Waals surface area contributed by atoms with E-state index in [0.29, 0.717) is 17.4 Å². The average molecular weight is 570 g/mol. The van der Waals surface area contributed by atoms with Crippen LogP contribution >= 0.6 is 27.5 Å². The molecule has 2 heterocycles. The largest absolute Gasteiger partial charge is 0.497 e. The fraction of sp³-hybridized carbons (Fsp3) is 0.100. The molecule has 1 aliphatic heterocycles. The van der Waals surface area contributed by atoms with Crippen LogP contribution in [0.3, 0.4) is 0 Å². The average Bonchev–Trinajstić information content (AvgIpc) is 3.39. The minimum absolute atomic E-state index is 0.0768. The molecule has 0 amide bonds. The van der Waals surface area contributed by atoms with Gasteiger partial charge in [0, 0.05) is 32.4 Å². The molecule has 0 bridgehead atoms. The van der Waals surface area contributed by atoms with Gasteiger partial charge in [0.05, 0.1) is 30.1 Å². The summed E-state index contributed by atoms with van der Waals surface area (Å²) in [5.74, 6) is 1.33. The summed E-state index contributed by atoms with van der Waals surface area (Å²) in [7, 11) is 1.67. The minimum atomic E-state index is -0.0768. The molecule has 4 aromatic carbocycles. The lowest BCUT2D eigenvalue weighted by atomic mass is 9.98. The molecule has 1 aromatic heterocycles. The zero-order valence-corrected chi connectivity index (χ0v) is 22.3. The van der Waals surface area contributed by atoms with Gasteiger partial charge >= 0.3 is 0 Å². The Morgan fingerprint density at radius 2 is 1.68 bits per heavy atom. The predicted molar refractivity (Wildman–Crippen MR) is 153 cm³/mol. The number of ether oxygens (including phenoxy) is 1. The molecule has 7 heteroatoms. The van der Waals surface area contributed by atoms with Crippen molar-refractivity contribution in [1.29, 1.82) is 0 Å². The lowest BCUT2D eigenvalue weighted by molar-refractivity contribution is 0.414. The molecular weight excluding hydrogens is 548 g/mol. The van der Waals surface area contributed by atoms with E-state index in [1.165, 1.54) is 0 Å². The molecule has 1 unspecified atom stereocenters. The van der Waals surface area contributed by atoms with E-state index < -0.39 is 0 Å². The number of anilines is 1. The number of halogens is 2. The van der Waals surface area contributed by atoms with Crippen molar-refractivity contribution in [3.63, 3.8) is 0 Å². The molecule has 1 aliphatic rings. The molecule has 0 saturated carbocycles. The highest BCUT2D eigenvalue weighted by Gasteiger charge is 2.32. The highest BCUT2D eigenvalue weighted by atomic mass is 79.9. The van der Waals surface area contributed by atoms with E-state index >= 15 is 0 Å². The van der Waals surface area contributed by atoms with Crippen molar-refractivity contribution in [3.8, 4) is 17.0 Å². The number of fused-ring (bicyclic) bond motifs is 1. The summed E-state index contributed by atoms with van der Waals surface area (Å²) >= 11 is 10.0. The summed E-state index contributed by atoms with van der Waals surface area (Å²) < 4.78 is 6.48. The van der Waals surface area contributed by atoms with Crippen LogP contribution in [0, 0.1) is 0 Å². The maximum atomic E-state index is 6.37. The maximum Gasteiger partial charge on any atom is 0.247 e. The van der Waals surface area contributed by atoms with Crippen molar-refractivity contribution in [2.75, 3.05) is 12.1 Å². The molecule has 37 heavy (non-hydrogen) atoms. The van der Waals surface area contributed by atoms with Crippen LogP contribution < -0.4 is 9.75 Å². The number of nitrogens with zero attached hydrogens (tertiary/aromatic N) is 4. The molecule has 6 rings (SSSR count). The van der Waals surface area contributed by atoms with Crippen LogP contribution in [0.2, 0.25) is 5.02 Å². The molecule has 0 N–H and O–H groups in total. The molecule has 0 fully saturated rings. The van der Waals surface area contributed by atoms with E-state index in [1.54, 1.807) is 7.11 Å². The van der Waals surface area contributed by atoms with Crippen LogP contribution in [0.15, 0.2) is 107 Å². The lowest BCUT2D eigenvalue weighted by Gasteiger charge is -2.23. The molecule has 0 aliphatic carbocycles. The van der Waals surface area contributed by atoms with E-state index in [0.717, 1.165) is 49.2 Å². The Morgan fingerprint density at radius 3 is 2.49 bits per heavy atom. The van der Waals surface area contributed by atoms with E-state index in [1.807, 2.05) is 83.9 Å². The molecule has 5 nitrogen and oxygen atoms in total. The first-order chi connectivity index (χ1) is 18.1. The van der Waals surface area contributed by atoms with Crippen molar-refractivity contribution >= 4 is 50.1 Å². The topological polar surface area (TPSA) is 50.6 Å². The molecule has 0 spiro atoms. The molecule has 0 saturated heterocycles. The zero-order valence-electron chi connectivity index (χ0n) is 20.0. The van der Waals surface area contributed by atoms with Crippen LogP contribution in [0.25, 0.3) is 22.2 Å². The second kappa shape index (κ2) is 9.96. The Balaban J connectivity index is 1.54. The van der Waals surface area contributed by atoms with Gasteiger partial charge in [-0.15, -0.1) is 0 Å². The van der Waals surface area contributed by atoms with Gasteiger partial charge in [0.15, 0.2) is 0 Å². The normalized spacial score (nSPS) is 15.2. The van der Waals surface area contributed by atoms with Crippen molar-refractivity contribution in [2.45, 2.75) is 12.5 Å². The monoisotopic (exact) mass is 568 g/mol. The Bertz CT molecular complexity index is 1640. The van der Waals surface area contributed by atoms with Gasteiger partial charge < -0.3 is 4.74 Å². The molecule has 1 atom stereocenters. The first-order valence-corrected chi connectivity index (χ1v) is 13.1. The Morgan fingerprint density at radius 1 is 0.865 bits per heavy atom. The second-order valence-electron chi connectivity index (χ2n) is 8.80. The number of hydrazone groups is 1. The van der Waals surface area contributed by atoms with Crippen LogP contribution in [-0.2, 0) is 0 Å². The van der Waals surface area contributed by atoms with Crippen molar-refractivity contribution in [1.82, 2.24) is 9.97 Å². The van der Waals surface area contributed by atoms with Gasteiger partial charge in [-0.3, -0.25) is 0 Å².